The fourth-order valence-corrected chi connectivity index (χ4v) is 1.57. The Bertz CT molecular complexity index is 823. The summed E-state index contributed by atoms with van der Waals surface area (Å²) in [7, 11) is 0. The summed E-state index contributed by atoms with van der Waals surface area (Å²) in [5, 5.41) is 17.5. The molecule has 8 heteroatoms. The van der Waals surface area contributed by atoms with Crippen LogP contribution in [0.4, 0.5) is 22.0 Å². The van der Waals surface area contributed by atoms with Gasteiger partial charge in [0, 0.05) is 0 Å². The Morgan fingerprint density at radius 3 is 1.73 bits per heavy atom. The summed E-state index contributed by atoms with van der Waals surface area (Å²) in [6.07, 6.45) is 0. The minimum atomic E-state index is -2.31. The van der Waals surface area contributed by atoms with E-state index in [2.05, 4.69) is 4.74 Å². The van der Waals surface area contributed by atoms with Crippen LogP contribution in [0, 0.1) is 51.7 Å². The van der Waals surface area contributed by atoms with Crippen molar-refractivity contribution >= 4 is 0 Å². The first-order valence-corrected chi connectivity index (χ1v) is 5.54. The first-order chi connectivity index (χ1) is 10.4. The van der Waals surface area contributed by atoms with Crippen LogP contribution in [0.25, 0.3) is 0 Å². The van der Waals surface area contributed by atoms with Gasteiger partial charge in [-0.15, -0.1) is 0 Å². The van der Waals surface area contributed by atoms with Crippen molar-refractivity contribution in [3.63, 3.8) is 0 Å². The van der Waals surface area contributed by atoms with Crippen molar-refractivity contribution in [2.24, 2.45) is 0 Å². The molecule has 0 fully saturated rings. The molecule has 0 N–H and O–H groups in total. The lowest BCUT2D eigenvalue weighted by atomic mass is 10.1. The molecule has 0 aliphatic heterocycles. The van der Waals surface area contributed by atoms with E-state index < -0.39 is 34.8 Å². The van der Waals surface area contributed by atoms with Crippen LogP contribution < -0.4 is 4.74 Å². The van der Waals surface area contributed by atoms with E-state index in [-0.39, 0.29) is 16.9 Å². The van der Waals surface area contributed by atoms with Crippen LogP contribution in [-0.2, 0) is 0 Å². The summed E-state index contributed by atoms with van der Waals surface area (Å²) >= 11 is 0. The Kier molecular flexibility index (Phi) is 3.95. The number of hydrogen-bond donors (Lipinski definition) is 0. The van der Waals surface area contributed by atoms with Gasteiger partial charge in [0.2, 0.25) is 34.8 Å². The van der Waals surface area contributed by atoms with Crippen LogP contribution in [0.1, 0.15) is 11.1 Å². The topological polar surface area (TPSA) is 56.8 Å². The molecule has 22 heavy (non-hydrogen) atoms. The van der Waals surface area contributed by atoms with Crippen LogP contribution in [0.3, 0.4) is 0 Å². The third-order valence-electron chi connectivity index (χ3n) is 2.62. The second kappa shape index (κ2) is 5.70. The molecule has 0 radical (unpaired) electrons. The molecule has 0 aliphatic carbocycles. The molecule has 0 atom stereocenters. The highest BCUT2D eigenvalue weighted by Gasteiger charge is 2.27. The van der Waals surface area contributed by atoms with Gasteiger partial charge in [-0.05, 0) is 18.2 Å². The summed E-state index contributed by atoms with van der Waals surface area (Å²) in [6, 6.07) is 6.43. The third-order valence-corrected chi connectivity index (χ3v) is 2.62. The molecular formula is C14H3F5N2O. The summed E-state index contributed by atoms with van der Waals surface area (Å²) in [4.78, 5) is 0. The van der Waals surface area contributed by atoms with Gasteiger partial charge in [0.15, 0.2) is 0 Å². The van der Waals surface area contributed by atoms with E-state index in [9.17, 15) is 22.0 Å². The Hall–Kier alpha value is -3.13. The van der Waals surface area contributed by atoms with E-state index in [0.717, 1.165) is 18.2 Å². The smallest absolute Gasteiger partial charge is 0.207 e. The lowest BCUT2D eigenvalue weighted by Gasteiger charge is -2.10. The first kappa shape index (κ1) is 15.3. The molecule has 0 unspecified atom stereocenters. The number of hydrogen-bond acceptors (Lipinski definition) is 3. The number of ether oxygens (including phenoxy) is 1. The lowest BCUT2D eigenvalue weighted by Crippen LogP contribution is -2.04. The minimum Gasteiger partial charge on any atom is -0.451 e. The highest BCUT2D eigenvalue weighted by molar-refractivity contribution is 5.50. The van der Waals surface area contributed by atoms with Gasteiger partial charge in [0.1, 0.15) is 17.9 Å². The van der Waals surface area contributed by atoms with Crippen molar-refractivity contribution in [3.8, 4) is 23.6 Å². The molecule has 0 heterocycles. The standard InChI is InChI=1S/C14H3F5N2O/c15-9-10(16)12(18)14(13(19)11(9)17)22-8-2-1-6(4-20)7(3-8)5-21/h1-3H. The number of benzene rings is 2. The van der Waals surface area contributed by atoms with Gasteiger partial charge in [-0.1, -0.05) is 0 Å². The predicted molar refractivity (Wildman–Crippen MR) is 62.2 cm³/mol. The lowest BCUT2D eigenvalue weighted by molar-refractivity contribution is 0.332. The average molecular weight is 310 g/mol. The molecule has 0 saturated heterocycles. The highest BCUT2D eigenvalue weighted by atomic mass is 19.2. The molecule has 2 aromatic rings. The van der Waals surface area contributed by atoms with Crippen molar-refractivity contribution in [1.29, 1.82) is 10.5 Å². The predicted octanol–water partition coefficient (Wildman–Crippen LogP) is 3.92. The van der Waals surface area contributed by atoms with Crippen molar-refractivity contribution in [2.75, 3.05) is 0 Å². The molecule has 110 valence electrons. The van der Waals surface area contributed by atoms with Crippen LogP contribution >= 0.6 is 0 Å². The second-order valence-electron chi connectivity index (χ2n) is 3.93. The highest BCUT2D eigenvalue weighted by Crippen LogP contribution is 2.33. The Balaban J connectivity index is 2.54. The normalized spacial score (nSPS) is 9.95. The van der Waals surface area contributed by atoms with E-state index in [1.54, 1.807) is 12.1 Å². The zero-order chi connectivity index (χ0) is 16.4. The number of rotatable bonds is 2. The Labute approximate surface area is 120 Å². The molecule has 0 saturated carbocycles. The summed E-state index contributed by atoms with van der Waals surface area (Å²) in [5.74, 6) is -12.7. The summed E-state index contributed by atoms with van der Waals surface area (Å²) < 4.78 is 70.5. The van der Waals surface area contributed by atoms with Gasteiger partial charge in [0.05, 0.1) is 11.1 Å². The SMILES string of the molecule is N#Cc1ccc(Oc2c(F)c(F)c(F)c(F)c2F)cc1C#N. The summed E-state index contributed by atoms with van der Waals surface area (Å²) in [6.45, 7) is 0. The molecule has 0 spiro atoms. The van der Waals surface area contributed by atoms with E-state index >= 15 is 0 Å². The van der Waals surface area contributed by atoms with Crippen molar-refractivity contribution in [2.45, 2.75) is 0 Å². The molecule has 0 aliphatic rings. The van der Waals surface area contributed by atoms with Crippen LogP contribution in [-0.4, -0.2) is 0 Å². The maximum absolute atomic E-state index is 13.5. The van der Waals surface area contributed by atoms with E-state index in [0.29, 0.717) is 0 Å². The fourth-order valence-electron chi connectivity index (χ4n) is 1.57. The van der Waals surface area contributed by atoms with E-state index in [1.807, 2.05) is 0 Å². The zero-order valence-electron chi connectivity index (χ0n) is 10.4. The van der Waals surface area contributed by atoms with Gasteiger partial charge in [-0.2, -0.15) is 19.3 Å². The van der Waals surface area contributed by atoms with Crippen LogP contribution in [0.5, 0.6) is 11.5 Å². The van der Waals surface area contributed by atoms with Gasteiger partial charge in [-0.25, -0.2) is 13.2 Å². The maximum Gasteiger partial charge on any atom is 0.207 e. The van der Waals surface area contributed by atoms with Crippen LogP contribution in [0.2, 0.25) is 0 Å². The molecule has 0 bridgehead atoms. The van der Waals surface area contributed by atoms with Gasteiger partial charge in [0.25, 0.3) is 0 Å². The van der Waals surface area contributed by atoms with E-state index in [1.165, 1.54) is 0 Å². The average Bonchev–Trinajstić information content (AvgIpc) is 2.54. The molecule has 0 amide bonds. The molecule has 0 aromatic heterocycles. The molecule has 2 rings (SSSR count). The van der Waals surface area contributed by atoms with Crippen LogP contribution in [0.15, 0.2) is 18.2 Å². The quantitative estimate of drug-likeness (QED) is 0.480. The minimum absolute atomic E-state index is 0.0349. The number of nitriles is 2. The third kappa shape index (κ3) is 2.42. The van der Waals surface area contributed by atoms with Crippen molar-refractivity contribution < 1.29 is 26.7 Å². The van der Waals surface area contributed by atoms with Gasteiger partial charge in [-0.3, -0.25) is 0 Å². The van der Waals surface area contributed by atoms with Crippen molar-refractivity contribution in [3.05, 3.63) is 58.4 Å². The monoisotopic (exact) mass is 310 g/mol. The zero-order valence-corrected chi connectivity index (χ0v) is 10.4. The summed E-state index contributed by atoms with van der Waals surface area (Å²) in [5.41, 5.74) is -0.212. The largest absolute Gasteiger partial charge is 0.451 e. The van der Waals surface area contributed by atoms with Gasteiger partial charge < -0.3 is 4.74 Å². The molecule has 3 nitrogen and oxygen atoms in total. The Morgan fingerprint density at radius 2 is 1.23 bits per heavy atom. The maximum atomic E-state index is 13.5. The number of halogens is 5. The fraction of sp³-hybridized carbons (Fsp3) is 0. The molecule has 2 aromatic carbocycles. The first-order valence-electron chi connectivity index (χ1n) is 5.54. The Morgan fingerprint density at radius 1 is 0.727 bits per heavy atom. The van der Waals surface area contributed by atoms with Gasteiger partial charge >= 0.3 is 0 Å². The van der Waals surface area contributed by atoms with Crippen molar-refractivity contribution in [1.82, 2.24) is 0 Å². The molecular weight excluding hydrogens is 307 g/mol. The second-order valence-corrected chi connectivity index (χ2v) is 3.93. The van der Waals surface area contributed by atoms with E-state index in [4.69, 9.17) is 10.5 Å². The number of nitrogens with zero attached hydrogens (tertiary/aromatic N) is 2.